The van der Waals surface area contributed by atoms with Crippen molar-refractivity contribution in [1.82, 2.24) is 9.55 Å². The highest BCUT2D eigenvalue weighted by Crippen LogP contribution is 2.35. The van der Waals surface area contributed by atoms with Gasteiger partial charge in [-0.25, -0.2) is 4.98 Å². The molecule has 1 N–H and O–H groups in total. The average molecular weight is 393 g/mol. The number of hydrogen-bond acceptors (Lipinski definition) is 3. The molecule has 0 saturated heterocycles. The van der Waals surface area contributed by atoms with Crippen LogP contribution >= 0.6 is 39.1 Å². The molecule has 0 saturated carbocycles. The molecule has 1 aromatic heterocycles. The summed E-state index contributed by atoms with van der Waals surface area (Å²) in [5.41, 5.74) is 0.787. The largest absolute Gasteiger partial charge is 0.382 e. The van der Waals surface area contributed by atoms with E-state index in [2.05, 4.69) is 26.2 Å². The molecule has 0 spiro atoms. The number of imidazole rings is 1. The molecule has 0 aliphatic rings. The first-order valence-corrected chi connectivity index (χ1v) is 8.19. The second-order valence-electron chi connectivity index (χ2n) is 4.29. The van der Waals surface area contributed by atoms with E-state index in [1.165, 1.54) is 0 Å². The summed E-state index contributed by atoms with van der Waals surface area (Å²) >= 11 is 15.8. The van der Waals surface area contributed by atoms with E-state index in [1.807, 2.05) is 29.8 Å². The summed E-state index contributed by atoms with van der Waals surface area (Å²) in [7, 11) is 0. The van der Waals surface area contributed by atoms with Crippen molar-refractivity contribution in [2.75, 3.05) is 25.1 Å². The molecular formula is C14H16BrCl2N3O. The summed E-state index contributed by atoms with van der Waals surface area (Å²) in [6, 6.07) is 3.76. The normalized spacial score (nSPS) is 10.9. The quantitative estimate of drug-likeness (QED) is 0.544. The molecule has 0 unspecified atom stereocenters. The van der Waals surface area contributed by atoms with Crippen LogP contribution in [0.25, 0.3) is 5.69 Å². The monoisotopic (exact) mass is 391 g/mol. The Labute approximate surface area is 142 Å². The van der Waals surface area contributed by atoms with Gasteiger partial charge in [-0.05, 0) is 41.4 Å². The lowest BCUT2D eigenvalue weighted by molar-refractivity contribution is 0.147. The van der Waals surface area contributed by atoms with Crippen LogP contribution in [0.5, 0.6) is 0 Å². The number of hydrogen-bond donors (Lipinski definition) is 1. The molecule has 0 fully saturated rings. The van der Waals surface area contributed by atoms with Gasteiger partial charge in [0.1, 0.15) is 0 Å². The molecule has 114 valence electrons. The minimum atomic E-state index is 0.487. The highest BCUT2D eigenvalue weighted by Gasteiger charge is 2.12. The zero-order chi connectivity index (χ0) is 15.2. The molecule has 2 aromatic rings. The van der Waals surface area contributed by atoms with Gasteiger partial charge in [-0.1, -0.05) is 23.2 Å². The molecule has 0 bridgehead atoms. The average Bonchev–Trinajstić information content (AvgIpc) is 2.93. The van der Waals surface area contributed by atoms with Crippen molar-refractivity contribution in [1.29, 1.82) is 0 Å². The molecule has 0 atom stereocenters. The number of aromatic nitrogens is 2. The van der Waals surface area contributed by atoms with E-state index in [4.69, 9.17) is 27.9 Å². The second-order valence-corrected chi connectivity index (χ2v) is 5.90. The van der Waals surface area contributed by atoms with Gasteiger partial charge in [-0.3, -0.25) is 4.57 Å². The van der Waals surface area contributed by atoms with Gasteiger partial charge in [0.25, 0.3) is 0 Å². The number of nitrogens with zero attached hydrogens (tertiary/aromatic N) is 2. The van der Waals surface area contributed by atoms with Crippen molar-refractivity contribution >= 4 is 45.1 Å². The van der Waals surface area contributed by atoms with Gasteiger partial charge in [-0.15, -0.1) is 0 Å². The van der Waals surface area contributed by atoms with Crippen LogP contribution in [0.15, 0.2) is 29.0 Å². The summed E-state index contributed by atoms with van der Waals surface area (Å²) < 4.78 is 7.95. The van der Waals surface area contributed by atoms with Crippen LogP contribution in [-0.4, -0.2) is 29.3 Å². The van der Waals surface area contributed by atoms with Gasteiger partial charge in [0.2, 0.25) is 5.95 Å². The van der Waals surface area contributed by atoms with Crippen molar-refractivity contribution in [2.24, 2.45) is 0 Å². The summed E-state index contributed by atoms with van der Waals surface area (Å²) in [4.78, 5) is 4.30. The molecule has 1 heterocycles. The van der Waals surface area contributed by atoms with Gasteiger partial charge in [-0.2, -0.15) is 0 Å². The van der Waals surface area contributed by atoms with Crippen molar-refractivity contribution in [3.8, 4) is 5.69 Å². The fraction of sp³-hybridized carbons (Fsp3) is 0.357. The molecule has 0 aliphatic heterocycles. The van der Waals surface area contributed by atoms with E-state index in [9.17, 15) is 0 Å². The number of benzene rings is 1. The first kappa shape index (κ1) is 16.6. The third-order valence-electron chi connectivity index (χ3n) is 2.87. The van der Waals surface area contributed by atoms with Crippen LogP contribution < -0.4 is 5.32 Å². The Hall–Kier alpha value is -0.750. The van der Waals surface area contributed by atoms with Gasteiger partial charge < -0.3 is 10.1 Å². The van der Waals surface area contributed by atoms with Gasteiger partial charge in [0, 0.05) is 36.6 Å². The van der Waals surface area contributed by atoms with Crippen LogP contribution in [-0.2, 0) is 4.74 Å². The molecule has 0 radical (unpaired) electrons. The smallest absolute Gasteiger partial charge is 0.207 e. The molecule has 21 heavy (non-hydrogen) atoms. The van der Waals surface area contributed by atoms with E-state index in [0.717, 1.165) is 42.3 Å². The van der Waals surface area contributed by atoms with Crippen molar-refractivity contribution in [3.63, 3.8) is 0 Å². The van der Waals surface area contributed by atoms with Crippen LogP contribution in [0.4, 0.5) is 5.95 Å². The SMILES string of the molecule is CCOCCCNc1nccn1-c1ccc(Br)c(Cl)c1Cl. The lowest BCUT2D eigenvalue weighted by atomic mass is 10.3. The first-order valence-electron chi connectivity index (χ1n) is 6.64. The summed E-state index contributed by atoms with van der Waals surface area (Å²) in [6.07, 6.45) is 4.48. The van der Waals surface area contributed by atoms with Gasteiger partial charge in [0.15, 0.2) is 0 Å². The fourth-order valence-electron chi connectivity index (χ4n) is 1.85. The third-order valence-corrected chi connectivity index (χ3v) is 4.63. The minimum Gasteiger partial charge on any atom is -0.382 e. The van der Waals surface area contributed by atoms with Gasteiger partial charge in [0.05, 0.1) is 15.7 Å². The molecule has 2 rings (SSSR count). The second kappa shape index (κ2) is 8.03. The lowest BCUT2D eigenvalue weighted by Crippen LogP contribution is -2.10. The Morgan fingerprint density at radius 3 is 2.90 bits per heavy atom. The van der Waals surface area contributed by atoms with Crippen LogP contribution in [0.1, 0.15) is 13.3 Å². The predicted octanol–water partition coefficient (Wildman–Crippen LogP) is 4.78. The summed E-state index contributed by atoms with van der Waals surface area (Å²) in [5.74, 6) is 0.729. The van der Waals surface area contributed by atoms with Crippen LogP contribution in [0.2, 0.25) is 10.0 Å². The van der Waals surface area contributed by atoms with E-state index >= 15 is 0 Å². The van der Waals surface area contributed by atoms with Crippen molar-refractivity contribution in [2.45, 2.75) is 13.3 Å². The lowest BCUT2D eigenvalue weighted by Gasteiger charge is -2.12. The Morgan fingerprint density at radius 1 is 1.33 bits per heavy atom. The third kappa shape index (κ3) is 4.13. The molecule has 7 heteroatoms. The summed E-state index contributed by atoms with van der Waals surface area (Å²) in [6.45, 7) is 4.23. The molecule has 0 amide bonds. The number of halogens is 3. The maximum Gasteiger partial charge on any atom is 0.207 e. The summed E-state index contributed by atoms with van der Waals surface area (Å²) in [5, 5.41) is 4.25. The Balaban J connectivity index is 2.11. The number of anilines is 1. The van der Waals surface area contributed by atoms with Crippen LogP contribution in [0.3, 0.4) is 0 Å². The van der Waals surface area contributed by atoms with Crippen molar-refractivity contribution < 1.29 is 4.74 Å². The maximum absolute atomic E-state index is 6.31. The molecule has 4 nitrogen and oxygen atoms in total. The molecular weight excluding hydrogens is 377 g/mol. The number of nitrogens with one attached hydrogen (secondary N) is 1. The Bertz CT molecular complexity index is 604. The number of ether oxygens (including phenoxy) is 1. The fourth-order valence-corrected chi connectivity index (χ4v) is 2.71. The molecule has 0 aliphatic carbocycles. The minimum absolute atomic E-state index is 0.487. The van der Waals surface area contributed by atoms with E-state index in [1.54, 1.807) is 6.20 Å². The van der Waals surface area contributed by atoms with Crippen LogP contribution in [0, 0.1) is 0 Å². The zero-order valence-corrected chi connectivity index (χ0v) is 14.7. The standard InChI is InChI=1S/C14H16BrCl2N3O/c1-2-21-9-3-6-18-14-19-7-8-20(14)11-5-4-10(15)12(16)13(11)17/h4-5,7-8H,2-3,6,9H2,1H3,(H,18,19). The highest BCUT2D eigenvalue weighted by atomic mass is 79.9. The highest BCUT2D eigenvalue weighted by molar-refractivity contribution is 9.10. The predicted molar refractivity (Wildman–Crippen MR) is 90.9 cm³/mol. The number of rotatable bonds is 7. The maximum atomic E-state index is 6.31. The van der Waals surface area contributed by atoms with E-state index in [0.29, 0.717) is 10.0 Å². The topological polar surface area (TPSA) is 39.1 Å². The Morgan fingerprint density at radius 2 is 2.14 bits per heavy atom. The van der Waals surface area contributed by atoms with Crippen molar-refractivity contribution in [3.05, 3.63) is 39.0 Å². The van der Waals surface area contributed by atoms with Gasteiger partial charge >= 0.3 is 0 Å². The Kier molecular flexibility index (Phi) is 6.36. The van der Waals surface area contributed by atoms with E-state index in [-0.39, 0.29) is 0 Å². The zero-order valence-electron chi connectivity index (χ0n) is 11.6. The first-order chi connectivity index (χ1) is 10.1. The molecule has 1 aromatic carbocycles. The van der Waals surface area contributed by atoms with E-state index < -0.39 is 0 Å².